The van der Waals surface area contributed by atoms with Crippen molar-refractivity contribution < 1.29 is 4.79 Å². The van der Waals surface area contributed by atoms with Crippen LogP contribution in [0, 0.1) is 0 Å². The topological polar surface area (TPSA) is 44.4 Å². The fourth-order valence-electron chi connectivity index (χ4n) is 2.11. The Labute approximate surface area is 128 Å². The molecule has 0 atom stereocenters. The molecule has 0 saturated carbocycles. The van der Waals surface area contributed by atoms with Crippen LogP contribution in [0.1, 0.15) is 32.8 Å². The lowest BCUT2D eigenvalue weighted by molar-refractivity contribution is -0.120. The average molecular weight is 291 g/mol. The number of carbonyl (C=O) groups is 1. The largest absolute Gasteiger partial charge is 0.384 e. The summed E-state index contributed by atoms with van der Waals surface area (Å²) in [7, 11) is 3.99. The first-order valence-electron chi connectivity index (χ1n) is 7.55. The minimum Gasteiger partial charge on any atom is -0.384 e. The van der Waals surface area contributed by atoms with Crippen LogP contribution in [0.15, 0.2) is 24.3 Å². The SMILES string of the molecule is CN(C)CCNC(=O)CCNc1ccccc1C(C)(C)C. The zero-order chi connectivity index (χ0) is 15.9. The number of hydrogen-bond donors (Lipinski definition) is 2. The van der Waals surface area contributed by atoms with E-state index in [4.69, 9.17) is 0 Å². The summed E-state index contributed by atoms with van der Waals surface area (Å²) < 4.78 is 0. The van der Waals surface area contributed by atoms with Gasteiger partial charge in [-0.25, -0.2) is 0 Å². The maximum absolute atomic E-state index is 11.7. The number of anilines is 1. The van der Waals surface area contributed by atoms with Crippen molar-refractivity contribution in [2.24, 2.45) is 0 Å². The van der Waals surface area contributed by atoms with E-state index in [9.17, 15) is 4.79 Å². The molecule has 0 unspecified atom stereocenters. The zero-order valence-electron chi connectivity index (χ0n) is 14.0. The van der Waals surface area contributed by atoms with Crippen molar-refractivity contribution in [2.75, 3.05) is 39.0 Å². The number of carbonyl (C=O) groups excluding carboxylic acids is 1. The molecule has 0 bridgehead atoms. The molecule has 0 heterocycles. The molecular formula is C17H29N3O. The van der Waals surface area contributed by atoms with Crippen molar-refractivity contribution in [3.63, 3.8) is 0 Å². The molecule has 1 amide bonds. The Morgan fingerprint density at radius 2 is 1.81 bits per heavy atom. The van der Waals surface area contributed by atoms with Crippen molar-refractivity contribution in [1.29, 1.82) is 0 Å². The number of para-hydroxylation sites is 1. The van der Waals surface area contributed by atoms with E-state index in [-0.39, 0.29) is 11.3 Å². The number of nitrogens with one attached hydrogen (secondary N) is 2. The van der Waals surface area contributed by atoms with Crippen LogP contribution in [0.2, 0.25) is 0 Å². The Kier molecular flexibility index (Phi) is 6.69. The molecule has 21 heavy (non-hydrogen) atoms. The molecule has 0 aliphatic rings. The van der Waals surface area contributed by atoms with Crippen molar-refractivity contribution in [2.45, 2.75) is 32.6 Å². The van der Waals surface area contributed by atoms with Crippen LogP contribution >= 0.6 is 0 Å². The molecule has 4 heteroatoms. The van der Waals surface area contributed by atoms with E-state index in [1.54, 1.807) is 0 Å². The van der Waals surface area contributed by atoms with Gasteiger partial charge in [0.1, 0.15) is 0 Å². The van der Waals surface area contributed by atoms with Gasteiger partial charge in [0, 0.05) is 31.7 Å². The maximum Gasteiger partial charge on any atom is 0.221 e. The van der Waals surface area contributed by atoms with E-state index in [0.29, 0.717) is 19.5 Å². The predicted octanol–water partition coefficient (Wildman–Crippen LogP) is 2.46. The quantitative estimate of drug-likeness (QED) is 0.811. The van der Waals surface area contributed by atoms with Gasteiger partial charge < -0.3 is 15.5 Å². The smallest absolute Gasteiger partial charge is 0.221 e. The van der Waals surface area contributed by atoms with Gasteiger partial charge in [-0.15, -0.1) is 0 Å². The Hall–Kier alpha value is -1.55. The summed E-state index contributed by atoms with van der Waals surface area (Å²) in [4.78, 5) is 13.8. The summed E-state index contributed by atoms with van der Waals surface area (Å²) in [5.41, 5.74) is 2.49. The van der Waals surface area contributed by atoms with Gasteiger partial charge in [0.05, 0.1) is 0 Å². The Morgan fingerprint density at radius 3 is 2.43 bits per heavy atom. The molecule has 1 rings (SSSR count). The number of hydrogen-bond acceptors (Lipinski definition) is 3. The first-order chi connectivity index (χ1) is 9.80. The molecule has 0 fully saturated rings. The summed E-state index contributed by atoms with van der Waals surface area (Å²) in [6.45, 7) is 8.81. The molecule has 0 spiro atoms. The van der Waals surface area contributed by atoms with Crippen LogP contribution in [-0.2, 0) is 10.2 Å². The van der Waals surface area contributed by atoms with Gasteiger partial charge in [-0.05, 0) is 31.1 Å². The van der Waals surface area contributed by atoms with E-state index >= 15 is 0 Å². The summed E-state index contributed by atoms with van der Waals surface area (Å²) >= 11 is 0. The van der Waals surface area contributed by atoms with Gasteiger partial charge in [0.2, 0.25) is 5.91 Å². The second kappa shape index (κ2) is 8.03. The van der Waals surface area contributed by atoms with Crippen molar-refractivity contribution in [3.8, 4) is 0 Å². The van der Waals surface area contributed by atoms with Gasteiger partial charge in [0.25, 0.3) is 0 Å². The van der Waals surface area contributed by atoms with Crippen molar-refractivity contribution in [3.05, 3.63) is 29.8 Å². The minimum absolute atomic E-state index is 0.0948. The first kappa shape index (κ1) is 17.5. The molecular weight excluding hydrogens is 262 g/mol. The molecule has 0 aliphatic carbocycles. The summed E-state index contributed by atoms with van der Waals surface area (Å²) in [6.07, 6.45) is 0.492. The fourth-order valence-corrected chi connectivity index (χ4v) is 2.11. The highest BCUT2D eigenvalue weighted by molar-refractivity contribution is 5.76. The molecule has 118 valence electrons. The average Bonchev–Trinajstić information content (AvgIpc) is 2.37. The van der Waals surface area contributed by atoms with E-state index in [1.807, 2.05) is 20.2 Å². The van der Waals surface area contributed by atoms with Crippen molar-refractivity contribution >= 4 is 11.6 Å². The standard InChI is InChI=1S/C17H29N3O/c1-17(2,3)14-8-6-7-9-15(14)18-11-10-16(21)19-12-13-20(4)5/h6-9,18H,10-13H2,1-5H3,(H,19,21). The Bertz CT molecular complexity index is 450. The molecule has 4 nitrogen and oxygen atoms in total. The third-order valence-corrected chi connectivity index (χ3v) is 3.28. The lowest BCUT2D eigenvalue weighted by atomic mass is 9.86. The van der Waals surface area contributed by atoms with E-state index < -0.39 is 0 Å². The third kappa shape index (κ3) is 6.63. The normalized spacial score (nSPS) is 11.5. The molecule has 0 aliphatic heterocycles. The second-order valence-corrected chi connectivity index (χ2v) is 6.63. The highest BCUT2D eigenvalue weighted by Gasteiger charge is 2.17. The Balaban J connectivity index is 2.41. The maximum atomic E-state index is 11.7. The lowest BCUT2D eigenvalue weighted by Gasteiger charge is -2.23. The predicted molar refractivity (Wildman–Crippen MR) is 89.8 cm³/mol. The van der Waals surface area contributed by atoms with E-state index in [1.165, 1.54) is 5.56 Å². The van der Waals surface area contributed by atoms with E-state index in [2.05, 4.69) is 54.5 Å². The number of nitrogens with zero attached hydrogens (tertiary/aromatic N) is 1. The summed E-state index contributed by atoms with van der Waals surface area (Å²) in [5.74, 6) is 0.0950. The minimum atomic E-state index is 0.0948. The molecule has 0 aromatic heterocycles. The van der Waals surface area contributed by atoms with Gasteiger partial charge in [-0.1, -0.05) is 39.0 Å². The lowest BCUT2D eigenvalue weighted by Crippen LogP contribution is -2.32. The fraction of sp³-hybridized carbons (Fsp3) is 0.588. The third-order valence-electron chi connectivity index (χ3n) is 3.28. The molecule has 1 aromatic carbocycles. The highest BCUT2D eigenvalue weighted by atomic mass is 16.1. The summed E-state index contributed by atoms with van der Waals surface area (Å²) in [5, 5.41) is 6.30. The van der Waals surface area contributed by atoms with Crippen LogP contribution < -0.4 is 10.6 Å². The first-order valence-corrected chi connectivity index (χ1v) is 7.55. The van der Waals surface area contributed by atoms with Crippen LogP contribution in [0.25, 0.3) is 0 Å². The van der Waals surface area contributed by atoms with Crippen molar-refractivity contribution in [1.82, 2.24) is 10.2 Å². The van der Waals surface area contributed by atoms with E-state index in [0.717, 1.165) is 12.2 Å². The Morgan fingerprint density at radius 1 is 1.14 bits per heavy atom. The number of benzene rings is 1. The molecule has 0 radical (unpaired) electrons. The zero-order valence-corrected chi connectivity index (χ0v) is 14.0. The van der Waals surface area contributed by atoms with Gasteiger partial charge in [-0.2, -0.15) is 0 Å². The monoisotopic (exact) mass is 291 g/mol. The van der Waals surface area contributed by atoms with Gasteiger partial charge in [0.15, 0.2) is 0 Å². The molecule has 0 saturated heterocycles. The van der Waals surface area contributed by atoms with Gasteiger partial charge in [-0.3, -0.25) is 4.79 Å². The van der Waals surface area contributed by atoms with Crippen LogP contribution in [0.4, 0.5) is 5.69 Å². The number of rotatable bonds is 7. The molecule has 1 aromatic rings. The van der Waals surface area contributed by atoms with Gasteiger partial charge >= 0.3 is 0 Å². The van der Waals surface area contributed by atoms with Crippen LogP contribution in [0.5, 0.6) is 0 Å². The molecule has 2 N–H and O–H groups in total. The van der Waals surface area contributed by atoms with Crippen LogP contribution in [-0.4, -0.2) is 44.5 Å². The van der Waals surface area contributed by atoms with Crippen LogP contribution in [0.3, 0.4) is 0 Å². The number of likely N-dealkylation sites (N-methyl/N-ethyl adjacent to an activating group) is 1. The highest BCUT2D eigenvalue weighted by Crippen LogP contribution is 2.29. The number of amides is 1. The second-order valence-electron chi connectivity index (χ2n) is 6.63. The summed E-state index contributed by atoms with van der Waals surface area (Å²) in [6, 6.07) is 8.29.